The van der Waals surface area contributed by atoms with Crippen molar-refractivity contribution in [3.05, 3.63) is 35.2 Å². The molecule has 0 amide bonds. The third-order valence-corrected chi connectivity index (χ3v) is 1.31. The lowest BCUT2D eigenvalue weighted by Gasteiger charge is -1.94. The molecule has 0 heterocycles. The van der Waals surface area contributed by atoms with E-state index in [1.807, 2.05) is 0 Å². The molecule has 0 fully saturated rings. The van der Waals surface area contributed by atoms with Gasteiger partial charge in [0.1, 0.15) is 10.6 Å². The molecule has 1 aromatic rings. The average Bonchev–Trinajstić information content (AvgIpc) is 2.04. The maximum absolute atomic E-state index is 10.8. The summed E-state index contributed by atoms with van der Waals surface area (Å²) in [7, 11) is 0. The van der Waals surface area contributed by atoms with E-state index in [2.05, 4.69) is 5.43 Å². The molecule has 0 radical (unpaired) electrons. The van der Waals surface area contributed by atoms with E-state index in [4.69, 9.17) is 5.11 Å². The molecule has 0 bridgehead atoms. The summed E-state index contributed by atoms with van der Waals surface area (Å²) in [6.07, 6.45) is 0. The molecule has 0 aliphatic rings. The van der Waals surface area contributed by atoms with Crippen molar-refractivity contribution in [2.24, 2.45) is 0 Å². The molecule has 0 aliphatic heterocycles. The molecule has 5 heteroatoms. The number of para-hydroxylation sites is 1. The molecule has 5 nitrogen and oxygen atoms in total. The Hall–Kier alpha value is -1.91. The molecular formula is C8H9N2O3+. The van der Waals surface area contributed by atoms with Gasteiger partial charge in [-0.2, -0.15) is 0 Å². The highest BCUT2D eigenvalue weighted by atomic mass is 16.4. The normalized spacial score (nSPS) is 9.23. The molecule has 0 aromatic heterocycles. The minimum Gasteiger partial charge on any atom is -0.476 e. The monoisotopic (exact) mass is 181 g/mol. The van der Waals surface area contributed by atoms with Crippen LogP contribution in [0.15, 0.2) is 30.3 Å². The van der Waals surface area contributed by atoms with Crippen LogP contribution in [0.2, 0.25) is 0 Å². The van der Waals surface area contributed by atoms with Crippen LogP contribution in [0.5, 0.6) is 0 Å². The van der Waals surface area contributed by atoms with Crippen LogP contribution >= 0.6 is 0 Å². The minimum atomic E-state index is -1.17. The van der Waals surface area contributed by atoms with E-state index in [1.54, 1.807) is 30.3 Å². The van der Waals surface area contributed by atoms with Crippen molar-refractivity contribution in [3.63, 3.8) is 0 Å². The molecule has 0 saturated carbocycles. The standard InChI is InChI=1S/C8H8N2O3/c11-8(12)6-10(13)9-7-4-2-1-3-5-7/h1-5H,6H2,(H-,9,11,12,13)/p+1. The first-order valence-electron chi connectivity index (χ1n) is 3.66. The molecule has 13 heavy (non-hydrogen) atoms. The number of hydrogen-bond acceptors (Lipinski definition) is 2. The molecule has 1 rings (SSSR count). The van der Waals surface area contributed by atoms with Crippen LogP contribution in [0.25, 0.3) is 0 Å². The third kappa shape index (κ3) is 3.33. The van der Waals surface area contributed by atoms with Crippen LogP contribution < -0.4 is 5.43 Å². The summed E-state index contributed by atoms with van der Waals surface area (Å²) in [6, 6.07) is 8.64. The van der Waals surface area contributed by atoms with E-state index in [1.165, 1.54) is 0 Å². The molecule has 0 atom stereocenters. The summed E-state index contributed by atoms with van der Waals surface area (Å²) in [5, 5.41) is 8.28. The fourth-order valence-corrected chi connectivity index (χ4v) is 0.819. The zero-order valence-corrected chi connectivity index (χ0v) is 6.80. The van der Waals surface area contributed by atoms with Crippen molar-refractivity contribution >= 4 is 11.7 Å². The Morgan fingerprint density at radius 3 is 2.54 bits per heavy atom. The maximum Gasteiger partial charge on any atom is 0.378 e. The van der Waals surface area contributed by atoms with E-state index in [0.717, 1.165) is 0 Å². The van der Waals surface area contributed by atoms with Gasteiger partial charge in [0.25, 0.3) is 0 Å². The van der Waals surface area contributed by atoms with Gasteiger partial charge in [-0.25, -0.2) is 4.79 Å². The Labute approximate surface area is 74.5 Å². The van der Waals surface area contributed by atoms with Crippen molar-refractivity contribution in [1.82, 2.24) is 0 Å². The first-order chi connectivity index (χ1) is 6.18. The summed E-state index contributed by atoms with van der Waals surface area (Å²) in [6.45, 7) is -0.588. The number of hydrazine groups is 1. The number of aliphatic carboxylic acids is 1. The quantitative estimate of drug-likeness (QED) is 0.534. The second-order valence-electron chi connectivity index (χ2n) is 2.41. The van der Waals surface area contributed by atoms with Gasteiger partial charge in [-0.15, -0.1) is 5.43 Å². The minimum absolute atomic E-state index is 0.262. The van der Waals surface area contributed by atoms with Crippen molar-refractivity contribution < 1.29 is 14.8 Å². The third-order valence-electron chi connectivity index (χ3n) is 1.31. The lowest BCUT2D eigenvalue weighted by Crippen LogP contribution is -2.23. The van der Waals surface area contributed by atoms with E-state index in [9.17, 15) is 9.70 Å². The number of nitrogens with zero attached hydrogens (tertiary/aromatic N) is 1. The van der Waals surface area contributed by atoms with E-state index < -0.39 is 12.5 Å². The molecule has 2 N–H and O–H groups in total. The second-order valence-corrected chi connectivity index (χ2v) is 2.41. The number of benzene rings is 1. The maximum atomic E-state index is 10.8. The molecule has 0 spiro atoms. The highest BCUT2D eigenvalue weighted by molar-refractivity contribution is 5.67. The largest absolute Gasteiger partial charge is 0.476 e. The SMILES string of the molecule is O=C(O)C[N+](=O)Nc1ccccc1. The van der Waals surface area contributed by atoms with Crippen LogP contribution in [-0.2, 0) is 4.79 Å². The molecular weight excluding hydrogens is 172 g/mol. The molecule has 68 valence electrons. The number of nitroso groups, excluding NO2 is 1. The zero-order chi connectivity index (χ0) is 9.68. The van der Waals surface area contributed by atoms with Gasteiger partial charge in [0.05, 0.1) is 4.91 Å². The van der Waals surface area contributed by atoms with Gasteiger partial charge in [0.2, 0.25) is 0 Å². The zero-order valence-electron chi connectivity index (χ0n) is 6.80. The van der Waals surface area contributed by atoms with Crippen LogP contribution in [-0.4, -0.2) is 22.5 Å². The fourth-order valence-electron chi connectivity index (χ4n) is 0.819. The van der Waals surface area contributed by atoms with Crippen molar-refractivity contribution in [2.75, 3.05) is 12.0 Å². The van der Waals surface area contributed by atoms with Gasteiger partial charge in [-0.3, -0.25) is 0 Å². The Morgan fingerprint density at radius 1 is 1.38 bits per heavy atom. The number of carbonyl (C=O) groups is 1. The number of nitrogens with one attached hydrogen (secondary N) is 1. The Bertz CT molecular complexity index is 310. The lowest BCUT2D eigenvalue weighted by atomic mass is 10.3. The van der Waals surface area contributed by atoms with Crippen molar-refractivity contribution in [1.29, 1.82) is 0 Å². The lowest BCUT2D eigenvalue weighted by molar-refractivity contribution is -0.508. The number of carboxylic acid groups (broad SMARTS) is 1. The van der Waals surface area contributed by atoms with Gasteiger partial charge >= 0.3 is 12.5 Å². The van der Waals surface area contributed by atoms with Crippen molar-refractivity contribution in [2.45, 2.75) is 0 Å². The predicted octanol–water partition coefficient (Wildman–Crippen LogP) is 0.877. The number of rotatable bonds is 4. The average molecular weight is 181 g/mol. The summed E-state index contributed by atoms with van der Waals surface area (Å²) >= 11 is 0. The van der Waals surface area contributed by atoms with Crippen LogP contribution in [0.1, 0.15) is 0 Å². The number of carboxylic acids is 1. The van der Waals surface area contributed by atoms with E-state index >= 15 is 0 Å². The highest BCUT2D eigenvalue weighted by Gasteiger charge is 2.13. The van der Waals surface area contributed by atoms with E-state index in [0.29, 0.717) is 5.69 Å². The molecule has 0 saturated heterocycles. The smallest absolute Gasteiger partial charge is 0.378 e. The Balaban J connectivity index is 2.50. The summed E-state index contributed by atoms with van der Waals surface area (Å²) in [4.78, 5) is 21.2. The van der Waals surface area contributed by atoms with Gasteiger partial charge in [0.15, 0.2) is 0 Å². The Morgan fingerprint density at radius 2 is 2.00 bits per heavy atom. The van der Waals surface area contributed by atoms with Gasteiger partial charge in [-0.05, 0) is 12.1 Å². The predicted molar refractivity (Wildman–Crippen MR) is 46.2 cm³/mol. The number of anilines is 1. The molecule has 0 aliphatic carbocycles. The number of hydrogen-bond donors (Lipinski definition) is 2. The van der Waals surface area contributed by atoms with Crippen LogP contribution in [0.4, 0.5) is 5.69 Å². The highest BCUT2D eigenvalue weighted by Crippen LogP contribution is 2.03. The van der Waals surface area contributed by atoms with Gasteiger partial charge in [0, 0.05) is 0 Å². The van der Waals surface area contributed by atoms with Crippen molar-refractivity contribution in [3.8, 4) is 0 Å². The molecule has 0 unspecified atom stereocenters. The summed E-state index contributed by atoms with van der Waals surface area (Å²) in [5.74, 6) is -1.17. The van der Waals surface area contributed by atoms with Gasteiger partial charge < -0.3 is 5.11 Å². The molecule has 1 aromatic carbocycles. The topological polar surface area (TPSA) is 69.4 Å². The van der Waals surface area contributed by atoms with Gasteiger partial charge in [-0.1, -0.05) is 18.2 Å². The fraction of sp³-hybridized carbons (Fsp3) is 0.125. The first kappa shape index (κ1) is 9.18. The first-order valence-corrected chi connectivity index (χ1v) is 3.66. The Kier molecular flexibility index (Phi) is 2.97. The summed E-state index contributed by atoms with van der Waals surface area (Å²) < 4.78 is 0. The van der Waals surface area contributed by atoms with E-state index in [-0.39, 0.29) is 4.87 Å². The van der Waals surface area contributed by atoms with Crippen LogP contribution in [0, 0.1) is 4.91 Å². The summed E-state index contributed by atoms with van der Waals surface area (Å²) in [5.41, 5.74) is 2.94. The van der Waals surface area contributed by atoms with Crippen LogP contribution in [0.3, 0.4) is 0 Å². The second kappa shape index (κ2) is 4.20.